The van der Waals surface area contributed by atoms with Gasteiger partial charge in [-0.05, 0) is 55.3 Å². The molecule has 0 bridgehead atoms. The van der Waals surface area contributed by atoms with E-state index in [1.54, 1.807) is 42.5 Å². The van der Waals surface area contributed by atoms with Crippen molar-refractivity contribution in [3.05, 3.63) is 94.1 Å². The van der Waals surface area contributed by atoms with Crippen molar-refractivity contribution in [2.24, 2.45) is 0 Å². The van der Waals surface area contributed by atoms with Gasteiger partial charge in [0.25, 0.3) is 11.8 Å². The van der Waals surface area contributed by atoms with Crippen molar-refractivity contribution >= 4 is 40.4 Å². The zero-order valence-corrected chi connectivity index (χ0v) is 18.2. The molecule has 0 radical (unpaired) electrons. The molecule has 1 heterocycles. The van der Waals surface area contributed by atoms with Gasteiger partial charge in [-0.15, -0.1) is 0 Å². The topological polar surface area (TPSA) is 58.6 Å². The molecule has 31 heavy (non-hydrogen) atoms. The van der Waals surface area contributed by atoms with E-state index in [1.807, 2.05) is 38.1 Å². The summed E-state index contributed by atoms with van der Waals surface area (Å²) in [5.74, 6) is -0.438. The summed E-state index contributed by atoms with van der Waals surface area (Å²) in [7, 11) is 1.53. The van der Waals surface area contributed by atoms with E-state index in [2.05, 4.69) is 5.32 Å². The van der Waals surface area contributed by atoms with Gasteiger partial charge in [0.05, 0.1) is 23.4 Å². The first-order chi connectivity index (χ1) is 14.9. The lowest BCUT2D eigenvalue weighted by molar-refractivity contribution is -0.120. The van der Waals surface area contributed by atoms with Gasteiger partial charge in [0.1, 0.15) is 11.4 Å². The van der Waals surface area contributed by atoms with Gasteiger partial charge in [0.2, 0.25) is 0 Å². The maximum Gasteiger partial charge on any atom is 0.282 e. The Hall–Kier alpha value is -3.57. The molecular weight excluding hydrogens is 412 g/mol. The Balaban J connectivity index is 1.90. The molecule has 4 rings (SSSR count). The number of hydrogen-bond acceptors (Lipinski definition) is 4. The maximum atomic E-state index is 13.6. The van der Waals surface area contributed by atoms with E-state index in [9.17, 15) is 9.59 Å². The summed E-state index contributed by atoms with van der Waals surface area (Å²) in [5, 5.41) is 3.51. The van der Waals surface area contributed by atoms with Crippen LogP contribution in [-0.2, 0) is 9.59 Å². The molecule has 0 aliphatic carbocycles. The van der Waals surface area contributed by atoms with E-state index in [0.717, 1.165) is 21.7 Å². The van der Waals surface area contributed by atoms with Crippen molar-refractivity contribution in [2.75, 3.05) is 17.3 Å². The summed E-state index contributed by atoms with van der Waals surface area (Å²) in [6.45, 7) is 3.96. The number of amides is 2. The van der Waals surface area contributed by atoms with Crippen molar-refractivity contribution < 1.29 is 14.3 Å². The van der Waals surface area contributed by atoms with Crippen molar-refractivity contribution in [3.8, 4) is 5.75 Å². The first kappa shape index (κ1) is 20.7. The van der Waals surface area contributed by atoms with Crippen LogP contribution in [0.2, 0.25) is 5.02 Å². The van der Waals surface area contributed by atoms with Crippen molar-refractivity contribution in [3.63, 3.8) is 0 Å². The van der Waals surface area contributed by atoms with Crippen LogP contribution in [0, 0.1) is 13.8 Å². The van der Waals surface area contributed by atoms with Crippen LogP contribution in [-0.4, -0.2) is 18.9 Å². The number of carbonyl (C=O) groups excluding carboxylic acids is 2. The molecular formula is C25H21ClN2O3. The number of carbonyl (C=O) groups is 2. The Kier molecular flexibility index (Phi) is 5.53. The van der Waals surface area contributed by atoms with E-state index >= 15 is 0 Å². The third kappa shape index (κ3) is 3.80. The summed E-state index contributed by atoms with van der Waals surface area (Å²) in [6, 6.07) is 19.8. The zero-order chi connectivity index (χ0) is 22.1. The summed E-state index contributed by atoms with van der Waals surface area (Å²) in [6.07, 6.45) is 0. The lowest BCUT2D eigenvalue weighted by atomic mass is 10.0. The van der Waals surface area contributed by atoms with Gasteiger partial charge in [-0.25, -0.2) is 4.90 Å². The molecule has 0 fully saturated rings. The van der Waals surface area contributed by atoms with Gasteiger partial charge in [-0.2, -0.15) is 0 Å². The Morgan fingerprint density at radius 1 is 0.871 bits per heavy atom. The fraction of sp³-hybridized carbons (Fsp3) is 0.120. The molecule has 2 amide bonds. The fourth-order valence-electron chi connectivity index (χ4n) is 3.79. The summed E-state index contributed by atoms with van der Waals surface area (Å²) in [4.78, 5) is 28.2. The number of hydrogen-bond donors (Lipinski definition) is 1. The highest BCUT2D eigenvalue weighted by molar-refractivity contribution is 6.48. The van der Waals surface area contributed by atoms with Gasteiger partial charge in [-0.3, -0.25) is 9.59 Å². The van der Waals surface area contributed by atoms with Crippen LogP contribution in [0.5, 0.6) is 5.75 Å². The molecule has 0 atom stereocenters. The molecule has 3 aromatic rings. The number of aryl methyl sites for hydroxylation is 2. The smallest absolute Gasteiger partial charge is 0.282 e. The Bertz CT molecular complexity index is 1210. The molecule has 0 saturated heterocycles. The number of nitrogens with one attached hydrogen (secondary N) is 1. The molecule has 6 heteroatoms. The molecule has 1 N–H and O–H groups in total. The predicted molar refractivity (Wildman–Crippen MR) is 123 cm³/mol. The summed E-state index contributed by atoms with van der Waals surface area (Å²) >= 11 is 6.33. The average molecular weight is 433 g/mol. The highest BCUT2D eigenvalue weighted by atomic mass is 35.5. The first-order valence-electron chi connectivity index (χ1n) is 9.77. The molecule has 0 spiro atoms. The number of para-hydroxylation sites is 2. The van der Waals surface area contributed by atoms with Crippen LogP contribution in [0.15, 0.2) is 72.4 Å². The van der Waals surface area contributed by atoms with Crippen LogP contribution in [0.1, 0.15) is 16.7 Å². The van der Waals surface area contributed by atoms with Crippen molar-refractivity contribution in [2.45, 2.75) is 13.8 Å². The maximum absolute atomic E-state index is 13.6. The van der Waals surface area contributed by atoms with Crippen LogP contribution < -0.4 is 15.0 Å². The number of nitrogens with zero attached hydrogens (tertiary/aromatic N) is 1. The fourth-order valence-corrected chi connectivity index (χ4v) is 4.01. The number of methoxy groups -OCH3 is 1. The second-order valence-corrected chi connectivity index (χ2v) is 7.76. The summed E-state index contributed by atoms with van der Waals surface area (Å²) < 4.78 is 5.47. The Morgan fingerprint density at radius 3 is 2.19 bits per heavy atom. The van der Waals surface area contributed by atoms with Gasteiger partial charge in [0, 0.05) is 11.3 Å². The summed E-state index contributed by atoms with van der Waals surface area (Å²) in [5.41, 5.74) is 4.10. The number of anilines is 2. The lowest BCUT2D eigenvalue weighted by Gasteiger charge is -2.17. The normalized spacial score (nSPS) is 13.7. The van der Waals surface area contributed by atoms with E-state index in [4.69, 9.17) is 16.3 Å². The molecule has 5 nitrogen and oxygen atoms in total. The molecule has 1 aliphatic rings. The van der Waals surface area contributed by atoms with Crippen LogP contribution in [0.4, 0.5) is 11.4 Å². The van der Waals surface area contributed by atoms with Crippen LogP contribution >= 0.6 is 11.6 Å². The van der Waals surface area contributed by atoms with E-state index in [1.165, 1.54) is 7.11 Å². The number of imide groups is 1. The highest BCUT2D eigenvalue weighted by Gasteiger charge is 2.42. The molecule has 156 valence electrons. The number of halogens is 1. The number of rotatable bonds is 5. The largest absolute Gasteiger partial charge is 0.496 e. The minimum atomic E-state index is -0.474. The quantitative estimate of drug-likeness (QED) is 0.551. The molecule has 3 aromatic carbocycles. The van der Waals surface area contributed by atoms with Crippen molar-refractivity contribution in [1.82, 2.24) is 0 Å². The number of ether oxygens (including phenoxy) is 1. The Labute approximate surface area is 185 Å². The highest BCUT2D eigenvalue weighted by Crippen LogP contribution is 2.39. The molecule has 0 saturated carbocycles. The minimum Gasteiger partial charge on any atom is -0.496 e. The van der Waals surface area contributed by atoms with E-state index < -0.39 is 11.8 Å². The van der Waals surface area contributed by atoms with E-state index in [0.29, 0.717) is 22.0 Å². The average Bonchev–Trinajstić information content (AvgIpc) is 2.97. The SMILES string of the molecule is COc1ccccc1C1=C(Nc2cc(C)cc(C)c2)C(=O)N(c2ccccc2Cl)C1=O. The van der Waals surface area contributed by atoms with Crippen LogP contribution in [0.3, 0.4) is 0 Å². The lowest BCUT2D eigenvalue weighted by Crippen LogP contribution is -2.32. The van der Waals surface area contributed by atoms with Crippen LogP contribution in [0.25, 0.3) is 5.57 Å². The van der Waals surface area contributed by atoms with Gasteiger partial charge < -0.3 is 10.1 Å². The third-order valence-corrected chi connectivity index (χ3v) is 5.36. The molecule has 0 aromatic heterocycles. The monoisotopic (exact) mass is 432 g/mol. The van der Waals surface area contributed by atoms with E-state index in [-0.39, 0.29) is 11.3 Å². The van der Waals surface area contributed by atoms with Gasteiger partial charge in [-0.1, -0.05) is 48.0 Å². The zero-order valence-electron chi connectivity index (χ0n) is 17.4. The van der Waals surface area contributed by atoms with Crippen molar-refractivity contribution in [1.29, 1.82) is 0 Å². The second kappa shape index (κ2) is 8.28. The van der Waals surface area contributed by atoms with Gasteiger partial charge >= 0.3 is 0 Å². The third-order valence-electron chi connectivity index (χ3n) is 5.04. The van der Waals surface area contributed by atoms with Gasteiger partial charge in [0.15, 0.2) is 0 Å². The first-order valence-corrected chi connectivity index (χ1v) is 10.1. The molecule has 1 aliphatic heterocycles. The minimum absolute atomic E-state index is 0.180. The Morgan fingerprint density at radius 2 is 1.52 bits per heavy atom. The predicted octanol–water partition coefficient (Wildman–Crippen LogP) is 5.36. The standard InChI is InChI=1S/C25H21ClN2O3/c1-15-12-16(2)14-17(13-15)27-23-22(18-8-4-7-11-21(18)31-3)24(29)28(25(23)30)20-10-6-5-9-19(20)26/h4-14,27H,1-3H3. The number of benzene rings is 3. The second-order valence-electron chi connectivity index (χ2n) is 7.35. The molecule has 0 unspecified atom stereocenters.